The number of morpholine rings is 1. The summed E-state index contributed by atoms with van der Waals surface area (Å²) in [6, 6.07) is 0. The second kappa shape index (κ2) is 5.93. The van der Waals surface area contributed by atoms with Crippen LogP contribution >= 0.6 is 27.2 Å². The van der Waals surface area contributed by atoms with Gasteiger partial charge in [0.1, 0.15) is 0 Å². The average molecular weight is 348 g/mol. The van der Waals surface area contributed by atoms with Crippen LogP contribution in [0.1, 0.15) is 6.92 Å². The highest BCUT2D eigenvalue weighted by atomic mass is 127. The molecule has 1 fully saturated rings. The molecule has 0 aliphatic carbocycles. The van der Waals surface area contributed by atoms with E-state index < -0.39 is 5.16 Å². The van der Waals surface area contributed by atoms with Gasteiger partial charge < -0.3 is 14.6 Å². The topological polar surface area (TPSA) is 50.8 Å². The molecular weight excluding hydrogens is 330 g/mol. The number of hydrogen-bond acceptors (Lipinski definition) is 4. The van der Waals surface area contributed by atoms with E-state index in [4.69, 9.17) is 9.26 Å². The number of halogens is 1. The molecular formula is C8H18IN2O3P. The van der Waals surface area contributed by atoms with Crippen LogP contribution in [0.25, 0.3) is 0 Å². The molecule has 15 heavy (non-hydrogen) atoms. The third-order valence-corrected chi connectivity index (χ3v) is 6.97. The van der Waals surface area contributed by atoms with Crippen molar-refractivity contribution in [2.45, 2.75) is 19.1 Å². The van der Waals surface area contributed by atoms with E-state index in [0.717, 1.165) is 13.1 Å². The quantitative estimate of drug-likeness (QED) is 0.616. The molecule has 1 N–H and O–H groups in total. The molecule has 3 atom stereocenters. The Morgan fingerprint density at radius 1 is 1.60 bits per heavy atom. The van der Waals surface area contributed by atoms with Crippen LogP contribution in [0.4, 0.5) is 0 Å². The zero-order valence-electron chi connectivity index (χ0n) is 9.27. The van der Waals surface area contributed by atoms with Crippen LogP contribution < -0.4 is 5.32 Å². The minimum atomic E-state index is -2.66. The van der Waals surface area contributed by atoms with Crippen molar-refractivity contribution in [3.8, 4) is 0 Å². The lowest BCUT2D eigenvalue weighted by atomic mass is 10.3. The van der Waals surface area contributed by atoms with Gasteiger partial charge in [0.15, 0.2) is 0 Å². The van der Waals surface area contributed by atoms with Crippen LogP contribution in [0.15, 0.2) is 0 Å². The summed E-state index contributed by atoms with van der Waals surface area (Å²) in [4.78, 5) is 0. The molecule has 0 aromatic heterocycles. The highest BCUT2D eigenvalue weighted by molar-refractivity contribution is 14.2. The van der Waals surface area contributed by atoms with Gasteiger partial charge in [-0.2, -0.15) is 0 Å². The van der Waals surface area contributed by atoms with Crippen LogP contribution in [-0.4, -0.2) is 50.7 Å². The van der Waals surface area contributed by atoms with Gasteiger partial charge in [0.05, 0.1) is 18.8 Å². The summed E-state index contributed by atoms with van der Waals surface area (Å²) in [5.41, 5.74) is 0. The standard InChI is InChI=1S/C8H18IN2O3P/c1-7-4-10-5-8(14-7)6-13-15(9,12)11(2)3/h7-8,10H,4-6H2,1-3H3/t7-,8-,15?/m0/s1. The first kappa shape index (κ1) is 13.9. The molecule has 1 heterocycles. The molecule has 5 nitrogen and oxygen atoms in total. The van der Waals surface area contributed by atoms with Gasteiger partial charge in [-0.1, -0.05) is 0 Å². The fourth-order valence-electron chi connectivity index (χ4n) is 1.26. The number of nitrogens with zero attached hydrogens (tertiary/aromatic N) is 1. The molecule has 1 rings (SSSR count). The minimum Gasteiger partial charge on any atom is -0.370 e. The third kappa shape index (κ3) is 4.66. The number of rotatable bonds is 4. The minimum absolute atomic E-state index is 0.00297. The first-order chi connectivity index (χ1) is 6.92. The molecule has 7 heteroatoms. The summed E-state index contributed by atoms with van der Waals surface area (Å²) in [6.45, 7) is 4.00. The molecule has 0 aromatic carbocycles. The predicted molar refractivity (Wildman–Crippen MR) is 68.5 cm³/mol. The Labute approximate surface area is 104 Å². The van der Waals surface area contributed by atoms with Crippen molar-refractivity contribution < 1.29 is 13.8 Å². The summed E-state index contributed by atoms with van der Waals surface area (Å²) in [7, 11) is 3.49. The first-order valence-electron chi connectivity index (χ1n) is 4.90. The zero-order valence-corrected chi connectivity index (χ0v) is 12.3. The van der Waals surface area contributed by atoms with Crippen molar-refractivity contribution in [1.82, 2.24) is 9.99 Å². The molecule has 1 saturated heterocycles. The molecule has 0 radical (unpaired) electrons. The molecule has 0 amide bonds. The van der Waals surface area contributed by atoms with Gasteiger partial charge in [-0.3, -0.25) is 4.57 Å². The Hall–Kier alpha value is 0.800. The van der Waals surface area contributed by atoms with Crippen molar-refractivity contribution in [3.63, 3.8) is 0 Å². The third-order valence-electron chi connectivity index (χ3n) is 2.13. The smallest absolute Gasteiger partial charge is 0.329 e. The van der Waals surface area contributed by atoms with Gasteiger partial charge in [-0.25, -0.2) is 4.67 Å². The van der Waals surface area contributed by atoms with Gasteiger partial charge in [-0.05, 0) is 21.0 Å². The Balaban J connectivity index is 2.33. The van der Waals surface area contributed by atoms with Crippen molar-refractivity contribution in [1.29, 1.82) is 0 Å². The summed E-state index contributed by atoms with van der Waals surface area (Å²) in [6.07, 6.45) is 0.192. The molecule has 0 spiro atoms. The van der Waals surface area contributed by atoms with E-state index in [2.05, 4.69) is 5.32 Å². The Kier molecular flexibility index (Phi) is 5.48. The molecule has 1 aliphatic heterocycles. The largest absolute Gasteiger partial charge is 0.370 e. The van der Waals surface area contributed by atoms with Gasteiger partial charge in [0, 0.05) is 35.1 Å². The molecule has 1 unspecified atom stereocenters. The maximum absolute atomic E-state index is 11.9. The lowest BCUT2D eigenvalue weighted by Gasteiger charge is -2.29. The van der Waals surface area contributed by atoms with Crippen LogP contribution in [0.5, 0.6) is 0 Å². The van der Waals surface area contributed by atoms with Crippen LogP contribution in [0, 0.1) is 0 Å². The van der Waals surface area contributed by atoms with Crippen molar-refractivity contribution in [2.75, 3.05) is 33.8 Å². The molecule has 1 aliphatic rings. The highest BCUT2D eigenvalue weighted by Crippen LogP contribution is 2.57. The van der Waals surface area contributed by atoms with E-state index in [1.54, 1.807) is 18.8 Å². The second-order valence-electron chi connectivity index (χ2n) is 3.82. The van der Waals surface area contributed by atoms with Crippen molar-refractivity contribution in [2.24, 2.45) is 0 Å². The van der Waals surface area contributed by atoms with E-state index in [1.807, 2.05) is 29.0 Å². The fraction of sp³-hybridized carbons (Fsp3) is 1.00. The summed E-state index contributed by atoms with van der Waals surface area (Å²) in [5, 5.41) is 0.584. The summed E-state index contributed by atoms with van der Waals surface area (Å²) >= 11 is 1.85. The Morgan fingerprint density at radius 3 is 2.80 bits per heavy atom. The predicted octanol–water partition coefficient (Wildman–Crippen LogP) is 1.48. The Morgan fingerprint density at radius 2 is 2.27 bits per heavy atom. The molecule has 90 valence electrons. The maximum atomic E-state index is 11.9. The summed E-state index contributed by atoms with van der Waals surface area (Å²) in [5.74, 6) is 0. The Bertz CT molecular complexity index is 252. The second-order valence-corrected chi connectivity index (χ2v) is 9.44. The zero-order chi connectivity index (χ0) is 11.5. The first-order valence-corrected chi connectivity index (χ1v) is 9.26. The fourth-order valence-corrected chi connectivity index (χ4v) is 2.32. The van der Waals surface area contributed by atoms with Gasteiger partial charge >= 0.3 is 5.16 Å². The number of hydrogen-bond donors (Lipinski definition) is 1. The van der Waals surface area contributed by atoms with Crippen LogP contribution in [0.3, 0.4) is 0 Å². The van der Waals surface area contributed by atoms with Gasteiger partial charge in [0.25, 0.3) is 0 Å². The molecule has 0 aromatic rings. The summed E-state index contributed by atoms with van der Waals surface area (Å²) < 4.78 is 24.5. The highest BCUT2D eigenvalue weighted by Gasteiger charge is 2.26. The van der Waals surface area contributed by atoms with Crippen molar-refractivity contribution >= 4 is 27.2 Å². The normalized spacial score (nSPS) is 31.5. The molecule has 0 bridgehead atoms. The van der Waals surface area contributed by atoms with Crippen LogP contribution in [0.2, 0.25) is 0 Å². The van der Waals surface area contributed by atoms with E-state index in [1.165, 1.54) is 0 Å². The monoisotopic (exact) mass is 348 g/mol. The molecule has 0 saturated carbocycles. The lowest BCUT2D eigenvalue weighted by molar-refractivity contribution is -0.0468. The number of nitrogens with one attached hydrogen (secondary N) is 1. The van der Waals surface area contributed by atoms with E-state index in [0.29, 0.717) is 6.61 Å². The maximum Gasteiger partial charge on any atom is 0.329 e. The average Bonchev–Trinajstić information content (AvgIpc) is 2.15. The van der Waals surface area contributed by atoms with Gasteiger partial charge in [-0.15, -0.1) is 0 Å². The number of ether oxygens (including phenoxy) is 1. The lowest BCUT2D eigenvalue weighted by Crippen LogP contribution is -2.45. The SMILES string of the molecule is C[C@H]1CNC[C@@H](COP(=O)(I)N(C)C)O1. The van der Waals surface area contributed by atoms with Crippen molar-refractivity contribution in [3.05, 3.63) is 0 Å². The van der Waals surface area contributed by atoms with E-state index >= 15 is 0 Å². The van der Waals surface area contributed by atoms with Gasteiger partial charge in [0.2, 0.25) is 0 Å². The van der Waals surface area contributed by atoms with E-state index in [9.17, 15) is 4.57 Å². The van der Waals surface area contributed by atoms with Crippen LogP contribution in [-0.2, 0) is 13.8 Å². The van der Waals surface area contributed by atoms with E-state index in [-0.39, 0.29) is 12.2 Å².